The Morgan fingerprint density at radius 2 is 1.85 bits per heavy atom. The van der Waals surface area contributed by atoms with Crippen molar-refractivity contribution in [2.45, 2.75) is 13.3 Å². The van der Waals surface area contributed by atoms with E-state index in [0.717, 1.165) is 0 Å². The molecule has 2 rings (SSSR count). The third kappa shape index (κ3) is 5.82. The summed E-state index contributed by atoms with van der Waals surface area (Å²) in [6.45, 7) is 2.38. The van der Waals surface area contributed by atoms with E-state index in [0.29, 0.717) is 41.5 Å². The van der Waals surface area contributed by atoms with Crippen molar-refractivity contribution in [1.82, 2.24) is 0 Å². The number of rotatable bonds is 8. The number of hydrogen-bond donors (Lipinski definition) is 2. The first-order valence-corrected chi connectivity index (χ1v) is 8.53. The molecule has 0 aromatic heterocycles. The number of halogens is 2. The van der Waals surface area contributed by atoms with Gasteiger partial charge in [0.25, 0.3) is 0 Å². The smallest absolute Gasteiger partial charge is 0.143 e. The van der Waals surface area contributed by atoms with Gasteiger partial charge in [0.2, 0.25) is 0 Å². The van der Waals surface area contributed by atoms with Gasteiger partial charge in [-0.1, -0.05) is 45.6 Å². The molecule has 0 saturated heterocycles. The van der Waals surface area contributed by atoms with E-state index in [-0.39, 0.29) is 16.5 Å². The Balaban J connectivity index is 1.71. The maximum atomic E-state index is 9.77. The fraction of sp³-hybridized carbons (Fsp3) is 0.222. The molecule has 2 aromatic carbocycles. The van der Waals surface area contributed by atoms with Crippen LogP contribution in [-0.2, 0) is 9.68 Å². The lowest BCUT2D eigenvalue weighted by Gasteiger charge is -2.04. The molecule has 8 heteroatoms. The second kappa shape index (κ2) is 9.89. The first kappa shape index (κ1) is 19.9. The zero-order chi connectivity index (χ0) is 18.9. The van der Waals surface area contributed by atoms with E-state index in [9.17, 15) is 10.2 Å². The second-order valence-electron chi connectivity index (χ2n) is 5.27. The summed E-state index contributed by atoms with van der Waals surface area (Å²) < 4.78 is 0. The van der Waals surface area contributed by atoms with Gasteiger partial charge in [0, 0.05) is 22.6 Å². The van der Waals surface area contributed by atoms with E-state index in [4.69, 9.17) is 32.9 Å². The van der Waals surface area contributed by atoms with Crippen molar-refractivity contribution in [2.24, 2.45) is 10.3 Å². The zero-order valence-electron chi connectivity index (χ0n) is 14.0. The third-order valence-corrected chi connectivity index (χ3v) is 3.80. The maximum absolute atomic E-state index is 9.77. The maximum Gasteiger partial charge on any atom is 0.143 e. The van der Waals surface area contributed by atoms with E-state index in [1.54, 1.807) is 25.1 Å². The molecule has 0 atom stereocenters. The van der Waals surface area contributed by atoms with Gasteiger partial charge in [-0.2, -0.15) is 0 Å². The van der Waals surface area contributed by atoms with Gasteiger partial charge in [0.1, 0.15) is 24.7 Å². The Bertz CT molecular complexity index is 810. The quantitative estimate of drug-likeness (QED) is 0.388. The van der Waals surface area contributed by atoms with Gasteiger partial charge in [-0.15, -0.1) is 0 Å². The molecule has 0 aliphatic rings. The van der Waals surface area contributed by atoms with Crippen LogP contribution in [0.15, 0.2) is 46.7 Å². The van der Waals surface area contributed by atoms with Crippen LogP contribution >= 0.6 is 23.2 Å². The molecule has 0 bridgehead atoms. The molecule has 0 heterocycles. The number of oxime groups is 2. The van der Waals surface area contributed by atoms with Crippen molar-refractivity contribution in [3.05, 3.63) is 57.6 Å². The number of hydrogen-bond acceptors (Lipinski definition) is 6. The van der Waals surface area contributed by atoms with Crippen LogP contribution in [0, 0.1) is 0 Å². The summed E-state index contributed by atoms with van der Waals surface area (Å²) in [5.41, 5.74) is 1.56. The minimum Gasteiger partial charge on any atom is -0.507 e. The van der Waals surface area contributed by atoms with E-state index < -0.39 is 0 Å². The van der Waals surface area contributed by atoms with Crippen LogP contribution in [0.4, 0.5) is 0 Å². The summed E-state index contributed by atoms with van der Waals surface area (Å²) in [4.78, 5) is 10.3. The average Bonchev–Trinajstić information content (AvgIpc) is 2.61. The van der Waals surface area contributed by atoms with Crippen LogP contribution in [0.3, 0.4) is 0 Å². The second-order valence-corrected chi connectivity index (χ2v) is 6.12. The van der Waals surface area contributed by atoms with E-state index in [1.165, 1.54) is 18.3 Å². The topological polar surface area (TPSA) is 83.6 Å². The van der Waals surface area contributed by atoms with Crippen molar-refractivity contribution >= 4 is 35.1 Å². The molecular formula is C18H18Cl2N2O4. The minimum atomic E-state index is -0.110. The monoisotopic (exact) mass is 396 g/mol. The Labute approximate surface area is 161 Å². The zero-order valence-corrected chi connectivity index (χ0v) is 15.5. The fourth-order valence-corrected chi connectivity index (χ4v) is 2.50. The van der Waals surface area contributed by atoms with Crippen molar-refractivity contribution in [1.29, 1.82) is 0 Å². The lowest BCUT2D eigenvalue weighted by Crippen LogP contribution is -2.00. The Hall–Kier alpha value is -2.44. The molecule has 0 unspecified atom stereocenters. The minimum absolute atomic E-state index is 0.110. The molecule has 0 spiro atoms. The number of phenols is 2. The lowest BCUT2D eigenvalue weighted by atomic mass is 10.1. The van der Waals surface area contributed by atoms with Crippen molar-refractivity contribution in [3.63, 3.8) is 0 Å². The SMILES string of the molecule is C/C(=N\OCCCO/N=C/c1cc(Cl)cc(Cl)c1O)c1ccccc1O. The molecule has 0 saturated carbocycles. The van der Waals surface area contributed by atoms with Crippen molar-refractivity contribution in [3.8, 4) is 11.5 Å². The Kier molecular flexibility index (Phi) is 7.56. The summed E-state index contributed by atoms with van der Waals surface area (Å²) in [5.74, 6) is 0.0418. The van der Waals surface area contributed by atoms with E-state index >= 15 is 0 Å². The largest absolute Gasteiger partial charge is 0.507 e. The summed E-state index contributed by atoms with van der Waals surface area (Å²) in [7, 11) is 0. The molecule has 0 amide bonds. The lowest BCUT2D eigenvalue weighted by molar-refractivity contribution is 0.0907. The number of aromatic hydroxyl groups is 2. The van der Waals surface area contributed by atoms with Crippen molar-refractivity contribution < 1.29 is 19.9 Å². The van der Waals surface area contributed by atoms with E-state index in [1.807, 2.05) is 6.07 Å². The molecular weight excluding hydrogens is 379 g/mol. The van der Waals surface area contributed by atoms with Gasteiger partial charge in [-0.25, -0.2) is 0 Å². The standard InChI is InChI=1S/C18H18Cl2N2O4/c1-12(15-5-2-3-6-17(15)23)22-26-8-4-7-25-21-11-13-9-14(19)10-16(20)18(13)24/h2-3,5-6,9-11,23-24H,4,7-8H2,1H3/b21-11+,22-12+. The van der Waals surface area contributed by atoms with Gasteiger partial charge < -0.3 is 19.9 Å². The fourth-order valence-electron chi connectivity index (χ4n) is 1.99. The first-order valence-electron chi connectivity index (χ1n) is 7.77. The van der Waals surface area contributed by atoms with Gasteiger partial charge >= 0.3 is 0 Å². The summed E-state index contributed by atoms with van der Waals surface area (Å²) >= 11 is 11.7. The first-order chi connectivity index (χ1) is 12.5. The van der Waals surface area contributed by atoms with Crippen LogP contribution in [0.25, 0.3) is 0 Å². The van der Waals surface area contributed by atoms with Crippen molar-refractivity contribution in [2.75, 3.05) is 13.2 Å². The predicted molar refractivity (Wildman–Crippen MR) is 103 cm³/mol. The van der Waals surface area contributed by atoms with Crippen LogP contribution in [0.2, 0.25) is 10.0 Å². The van der Waals surface area contributed by atoms with Gasteiger partial charge in [0.05, 0.1) is 16.9 Å². The highest BCUT2D eigenvalue weighted by Crippen LogP contribution is 2.29. The Morgan fingerprint density at radius 1 is 1.12 bits per heavy atom. The van der Waals surface area contributed by atoms with Crippen LogP contribution in [0.5, 0.6) is 11.5 Å². The van der Waals surface area contributed by atoms with E-state index in [2.05, 4.69) is 10.3 Å². The molecule has 0 aliphatic carbocycles. The molecule has 0 aliphatic heterocycles. The molecule has 26 heavy (non-hydrogen) atoms. The van der Waals surface area contributed by atoms with Crippen LogP contribution < -0.4 is 0 Å². The number of phenolic OH excluding ortho intramolecular Hbond substituents is 2. The van der Waals surface area contributed by atoms with Gasteiger partial charge in [-0.3, -0.25) is 0 Å². The summed E-state index contributed by atoms with van der Waals surface area (Å²) in [6, 6.07) is 9.85. The van der Waals surface area contributed by atoms with Crippen LogP contribution in [0.1, 0.15) is 24.5 Å². The number of para-hydroxylation sites is 1. The molecule has 2 N–H and O–H groups in total. The number of benzene rings is 2. The normalized spacial score (nSPS) is 11.7. The predicted octanol–water partition coefficient (Wildman–Crippen LogP) is 4.59. The highest BCUT2D eigenvalue weighted by atomic mass is 35.5. The Morgan fingerprint density at radius 3 is 2.62 bits per heavy atom. The number of nitrogens with zero attached hydrogens (tertiary/aromatic N) is 2. The molecule has 0 fully saturated rings. The average molecular weight is 397 g/mol. The molecule has 6 nitrogen and oxygen atoms in total. The van der Waals surface area contributed by atoms with Gasteiger partial charge in [0.15, 0.2) is 0 Å². The third-order valence-electron chi connectivity index (χ3n) is 3.29. The summed E-state index contributed by atoms with van der Waals surface area (Å²) in [6.07, 6.45) is 1.88. The highest BCUT2D eigenvalue weighted by Gasteiger charge is 2.06. The van der Waals surface area contributed by atoms with Crippen LogP contribution in [-0.4, -0.2) is 35.4 Å². The highest BCUT2D eigenvalue weighted by molar-refractivity contribution is 6.36. The molecule has 0 radical (unpaired) electrons. The van der Waals surface area contributed by atoms with Gasteiger partial charge in [-0.05, 0) is 31.2 Å². The molecule has 2 aromatic rings. The molecule has 138 valence electrons. The summed E-state index contributed by atoms with van der Waals surface area (Å²) in [5, 5.41) is 27.7.